The normalized spacial score (nSPS) is 11.8. The van der Waals surface area contributed by atoms with E-state index in [-0.39, 0.29) is 29.7 Å². The first-order valence-electron chi connectivity index (χ1n) is 10.6. The number of nitrogens with zero attached hydrogens (tertiary/aromatic N) is 2. The van der Waals surface area contributed by atoms with E-state index in [1.807, 2.05) is 38.1 Å². The molecule has 1 heterocycles. The van der Waals surface area contributed by atoms with Gasteiger partial charge in [0.2, 0.25) is 5.91 Å². The molecule has 1 unspecified atom stereocenters. The molecule has 2 rings (SSSR count). The van der Waals surface area contributed by atoms with Crippen LogP contribution in [0.1, 0.15) is 39.2 Å². The second-order valence-electron chi connectivity index (χ2n) is 7.57. The number of thioether (sulfide) groups is 1. The van der Waals surface area contributed by atoms with Gasteiger partial charge in [-0.05, 0) is 37.0 Å². The number of benzene rings is 1. The lowest BCUT2D eigenvalue weighted by Gasteiger charge is -2.18. The number of aliphatic carboxylic acids is 1. The van der Waals surface area contributed by atoms with Crippen LogP contribution in [0.25, 0.3) is 0 Å². The predicted octanol–water partition coefficient (Wildman–Crippen LogP) is 2.41. The van der Waals surface area contributed by atoms with Crippen molar-refractivity contribution in [3.8, 4) is 0 Å². The number of nitrogens with two attached hydrogens (primary N) is 1. The highest BCUT2D eigenvalue weighted by Gasteiger charge is 2.21. The van der Waals surface area contributed by atoms with Gasteiger partial charge in [-0.2, -0.15) is 0 Å². The molecule has 0 bridgehead atoms. The van der Waals surface area contributed by atoms with Gasteiger partial charge in [0.25, 0.3) is 5.56 Å². The third-order valence-electron chi connectivity index (χ3n) is 4.89. The van der Waals surface area contributed by atoms with Crippen LogP contribution < -0.4 is 22.3 Å². The molecule has 0 radical (unpaired) electrons. The third-order valence-corrected chi connectivity index (χ3v) is 5.88. The van der Waals surface area contributed by atoms with Crippen LogP contribution in [-0.2, 0) is 29.1 Å². The van der Waals surface area contributed by atoms with Gasteiger partial charge >= 0.3 is 11.7 Å². The number of nitrogen functional groups attached to an aromatic ring is 1. The van der Waals surface area contributed by atoms with E-state index in [1.165, 1.54) is 16.3 Å². The second-order valence-corrected chi connectivity index (χ2v) is 8.62. The van der Waals surface area contributed by atoms with Crippen molar-refractivity contribution >= 4 is 35.1 Å². The zero-order valence-corrected chi connectivity index (χ0v) is 19.4. The van der Waals surface area contributed by atoms with Crippen LogP contribution in [-0.4, -0.2) is 31.9 Å². The largest absolute Gasteiger partial charge is 0.481 e. The van der Waals surface area contributed by atoms with Gasteiger partial charge in [-0.1, -0.05) is 32.9 Å². The minimum atomic E-state index is -0.882. The molecule has 0 aliphatic carbocycles. The fourth-order valence-corrected chi connectivity index (χ4v) is 3.87. The molecule has 0 aliphatic rings. The van der Waals surface area contributed by atoms with E-state index in [9.17, 15) is 19.2 Å². The molecule has 4 N–H and O–H groups in total. The first-order valence-corrected chi connectivity index (χ1v) is 11.6. The summed E-state index contributed by atoms with van der Waals surface area (Å²) in [5.74, 6) is -1.77. The van der Waals surface area contributed by atoms with Crippen LogP contribution in [0.4, 0.5) is 11.5 Å². The number of hydrogen-bond acceptors (Lipinski definition) is 6. The summed E-state index contributed by atoms with van der Waals surface area (Å²) in [6, 6.07) is 7.32. The first-order chi connectivity index (χ1) is 15.2. The Balaban J connectivity index is 2.20. The molecule has 9 nitrogen and oxygen atoms in total. The van der Waals surface area contributed by atoms with Crippen molar-refractivity contribution < 1.29 is 14.7 Å². The summed E-state index contributed by atoms with van der Waals surface area (Å²) < 4.78 is 2.44. The van der Waals surface area contributed by atoms with Gasteiger partial charge in [0.05, 0.1) is 5.75 Å². The molecule has 0 aliphatic heterocycles. The second kappa shape index (κ2) is 11.6. The lowest BCUT2D eigenvalue weighted by molar-refractivity contribution is -0.133. The minimum absolute atomic E-state index is 0.0185. The number of hydrogen-bond donors (Lipinski definition) is 3. The molecule has 0 saturated carbocycles. The van der Waals surface area contributed by atoms with Crippen LogP contribution in [0, 0.1) is 5.92 Å². The molecule has 1 aromatic heterocycles. The number of nitrogens with one attached hydrogen (secondary N) is 1. The highest BCUT2D eigenvalue weighted by atomic mass is 32.2. The maximum atomic E-state index is 12.8. The van der Waals surface area contributed by atoms with E-state index in [1.54, 1.807) is 6.92 Å². The Bertz CT molecular complexity index is 1080. The zero-order valence-electron chi connectivity index (χ0n) is 18.6. The van der Waals surface area contributed by atoms with Crippen molar-refractivity contribution in [2.45, 2.75) is 58.0 Å². The fraction of sp³-hybridized carbons (Fsp3) is 0.455. The Morgan fingerprint density at radius 1 is 1.09 bits per heavy atom. The number of carbonyl (C=O) groups excluding carboxylic acids is 1. The van der Waals surface area contributed by atoms with Crippen molar-refractivity contribution in [2.75, 3.05) is 16.8 Å². The molecule has 10 heteroatoms. The molecule has 0 spiro atoms. The van der Waals surface area contributed by atoms with Gasteiger partial charge in [0, 0.05) is 23.9 Å². The number of anilines is 2. The highest BCUT2D eigenvalue weighted by molar-refractivity contribution is 8.00. The molecular formula is C22H30N4O5S. The monoisotopic (exact) mass is 462 g/mol. The number of amides is 1. The van der Waals surface area contributed by atoms with Crippen molar-refractivity contribution in [1.29, 1.82) is 0 Å². The molecule has 2 aromatic rings. The lowest BCUT2D eigenvalue weighted by atomic mass is 10.0. The summed E-state index contributed by atoms with van der Waals surface area (Å²) in [6.45, 7) is 6.09. The van der Waals surface area contributed by atoms with Gasteiger partial charge in [-0.3, -0.25) is 23.5 Å². The van der Waals surface area contributed by atoms with Crippen LogP contribution in [0.3, 0.4) is 0 Å². The standard InChI is InChI=1S/C22H30N4O5S/c1-4-10-25-19(23)18(21(30)26(11-5-2)22(25)31)24-20(29)14(3)12-15-6-8-16(9-7-15)32-13-17(27)28/h6-9,14H,4-5,10-13,23H2,1-3H3,(H,24,29)(H,27,28). The predicted molar refractivity (Wildman–Crippen MR) is 126 cm³/mol. The number of carboxylic acid groups (broad SMARTS) is 1. The quantitative estimate of drug-likeness (QED) is 0.436. The van der Waals surface area contributed by atoms with E-state index in [2.05, 4.69) is 5.32 Å². The summed E-state index contributed by atoms with van der Waals surface area (Å²) in [6.07, 6.45) is 1.67. The Kier molecular flexibility index (Phi) is 9.13. The van der Waals surface area contributed by atoms with E-state index in [0.29, 0.717) is 25.8 Å². The molecule has 1 aromatic carbocycles. The molecule has 32 heavy (non-hydrogen) atoms. The van der Waals surface area contributed by atoms with Crippen LogP contribution in [0.5, 0.6) is 0 Å². The van der Waals surface area contributed by atoms with Crippen LogP contribution >= 0.6 is 11.8 Å². The maximum absolute atomic E-state index is 12.8. The van der Waals surface area contributed by atoms with E-state index in [4.69, 9.17) is 10.8 Å². The number of aromatic nitrogens is 2. The number of carboxylic acids is 1. The Morgan fingerprint density at radius 3 is 2.25 bits per heavy atom. The molecule has 174 valence electrons. The molecule has 1 amide bonds. The molecule has 0 saturated heterocycles. The zero-order chi connectivity index (χ0) is 23.8. The number of rotatable bonds is 11. The van der Waals surface area contributed by atoms with Crippen LogP contribution in [0.2, 0.25) is 0 Å². The summed E-state index contributed by atoms with van der Waals surface area (Å²) in [7, 11) is 0. The number of carbonyl (C=O) groups is 2. The summed E-state index contributed by atoms with van der Waals surface area (Å²) in [5, 5.41) is 11.4. The van der Waals surface area contributed by atoms with Gasteiger partial charge in [0.1, 0.15) is 11.5 Å². The summed E-state index contributed by atoms with van der Waals surface area (Å²) in [4.78, 5) is 49.8. The topological polar surface area (TPSA) is 136 Å². The van der Waals surface area contributed by atoms with Gasteiger partial charge in [0.15, 0.2) is 0 Å². The van der Waals surface area contributed by atoms with Gasteiger partial charge in [-0.15, -0.1) is 11.8 Å². The molecule has 0 fully saturated rings. The summed E-state index contributed by atoms with van der Waals surface area (Å²) in [5.41, 5.74) is 5.87. The van der Waals surface area contributed by atoms with Crippen molar-refractivity contribution in [2.24, 2.45) is 5.92 Å². The van der Waals surface area contributed by atoms with Crippen molar-refractivity contribution in [1.82, 2.24) is 9.13 Å². The van der Waals surface area contributed by atoms with E-state index in [0.717, 1.165) is 15.0 Å². The average Bonchev–Trinajstić information content (AvgIpc) is 2.76. The van der Waals surface area contributed by atoms with E-state index >= 15 is 0 Å². The van der Waals surface area contributed by atoms with Gasteiger partial charge in [-0.25, -0.2) is 4.79 Å². The van der Waals surface area contributed by atoms with Gasteiger partial charge < -0.3 is 16.2 Å². The van der Waals surface area contributed by atoms with Crippen molar-refractivity contribution in [3.63, 3.8) is 0 Å². The maximum Gasteiger partial charge on any atom is 0.332 e. The summed E-state index contributed by atoms with van der Waals surface area (Å²) >= 11 is 1.22. The highest BCUT2D eigenvalue weighted by Crippen LogP contribution is 2.20. The third kappa shape index (κ3) is 6.25. The first kappa shape index (κ1) is 25.3. The lowest BCUT2D eigenvalue weighted by Crippen LogP contribution is -2.43. The fourth-order valence-electron chi connectivity index (χ4n) is 3.25. The van der Waals surface area contributed by atoms with Crippen LogP contribution in [0.15, 0.2) is 38.8 Å². The van der Waals surface area contributed by atoms with E-state index < -0.39 is 23.1 Å². The SMILES string of the molecule is CCCn1c(N)c(NC(=O)C(C)Cc2ccc(SCC(=O)O)cc2)c(=O)n(CCC)c1=O. The molecular weight excluding hydrogens is 432 g/mol. The Labute approximate surface area is 190 Å². The van der Waals surface area contributed by atoms with Crippen molar-refractivity contribution in [3.05, 3.63) is 50.7 Å². The molecule has 1 atom stereocenters. The average molecular weight is 463 g/mol. The Morgan fingerprint density at radius 2 is 1.69 bits per heavy atom. The minimum Gasteiger partial charge on any atom is -0.481 e. The Hall–Kier alpha value is -3.01. The smallest absolute Gasteiger partial charge is 0.332 e.